The lowest BCUT2D eigenvalue weighted by atomic mass is 10.1. The van der Waals surface area contributed by atoms with Crippen molar-refractivity contribution >= 4 is 40.7 Å². The van der Waals surface area contributed by atoms with Crippen molar-refractivity contribution in [2.24, 2.45) is 5.73 Å². The van der Waals surface area contributed by atoms with Crippen molar-refractivity contribution < 1.29 is 29.6 Å². The number of carbonyl (C=O) groups excluding carboxylic acids is 3. The Morgan fingerprint density at radius 1 is 1.19 bits per heavy atom. The van der Waals surface area contributed by atoms with Gasteiger partial charge in [-0.1, -0.05) is 23.2 Å². The number of aromatic nitrogens is 1. The molecule has 1 aromatic heterocycles. The summed E-state index contributed by atoms with van der Waals surface area (Å²) in [4.78, 5) is 34.6. The number of carbonyl (C=O) groups is 3. The molecular weight excluding hydrogens is 323 g/mol. The number of hydrogen-bond donors (Lipinski definition) is 2. The minimum Gasteiger partial charge on any atom is -0.869 e. The minimum atomic E-state index is -1.19. The number of ketones is 2. The molecule has 2 rings (SSSR count). The maximum absolute atomic E-state index is 10.8. The van der Waals surface area contributed by atoms with Crippen molar-refractivity contribution in [3.05, 3.63) is 51.7 Å². The van der Waals surface area contributed by atoms with Gasteiger partial charge < -0.3 is 15.9 Å². The average molecular weight is 331 g/mol. The van der Waals surface area contributed by atoms with Crippen LogP contribution in [0.15, 0.2) is 46.0 Å². The maximum Gasteiger partial charge on any atom is 0.313 e. The van der Waals surface area contributed by atoms with E-state index < -0.39 is 39.1 Å². The molecule has 4 N–H and O–H groups in total. The Morgan fingerprint density at radius 2 is 1.81 bits per heavy atom. The highest BCUT2D eigenvalue weighted by Crippen LogP contribution is 2.24. The topological polar surface area (TPSA) is 135 Å². The molecule has 0 spiro atoms. The van der Waals surface area contributed by atoms with Gasteiger partial charge >= 0.3 is 5.91 Å². The fourth-order valence-electron chi connectivity index (χ4n) is 1.16. The standard InChI is InChI=1S/C6H2Cl2O4.C6H6N2O/c7-1-3(9)5(11)2(8)6(12)4(1)10;7-6(9)5-3-1-2-4-8-5/h9,12H;1-4H,(H2,7,9). The Bertz CT molecular complexity index is 605. The summed E-state index contributed by atoms with van der Waals surface area (Å²) in [6.45, 7) is 0. The zero-order chi connectivity index (χ0) is 16.2. The minimum absolute atomic E-state index is 0.428. The molecule has 0 aromatic carbocycles. The van der Waals surface area contributed by atoms with E-state index in [9.17, 15) is 19.5 Å². The van der Waals surface area contributed by atoms with Crippen molar-refractivity contribution in [3.8, 4) is 0 Å². The van der Waals surface area contributed by atoms with Crippen LogP contribution in [0.4, 0.5) is 0 Å². The molecule has 1 aromatic rings. The van der Waals surface area contributed by atoms with Crippen LogP contribution in [0.1, 0.15) is 10.5 Å². The van der Waals surface area contributed by atoms with Gasteiger partial charge in [0.1, 0.15) is 5.03 Å². The van der Waals surface area contributed by atoms with Gasteiger partial charge in [-0.2, -0.15) is 0 Å². The van der Waals surface area contributed by atoms with Crippen LogP contribution < -0.4 is 15.8 Å². The van der Waals surface area contributed by atoms with Crippen molar-refractivity contribution in [1.82, 2.24) is 0 Å². The Kier molecular flexibility index (Phi) is 5.45. The van der Waals surface area contributed by atoms with Gasteiger partial charge in [-0.15, -0.1) is 0 Å². The Balaban J connectivity index is 0.000000219. The predicted octanol–water partition coefficient (Wildman–Crippen LogP) is -0.443. The number of pyridine rings is 1. The second-order valence-corrected chi connectivity index (χ2v) is 4.36. The average Bonchev–Trinajstić information content (AvgIpc) is 2.50. The van der Waals surface area contributed by atoms with Crippen LogP contribution in [0.3, 0.4) is 0 Å². The first-order chi connectivity index (χ1) is 9.77. The summed E-state index contributed by atoms with van der Waals surface area (Å²) in [7, 11) is 0. The fraction of sp³-hybridized carbons (Fsp3) is 0. The third-order valence-corrected chi connectivity index (χ3v) is 2.90. The largest absolute Gasteiger partial charge is 0.869 e. The number of halogens is 2. The third-order valence-electron chi connectivity index (χ3n) is 2.20. The van der Waals surface area contributed by atoms with E-state index in [1.807, 2.05) is 0 Å². The van der Waals surface area contributed by atoms with Crippen LogP contribution in [0, 0.1) is 0 Å². The van der Waals surface area contributed by atoms with E-state index in [-0.39, 0.29) is 0 Å². The van der Waals surface area contributed by atoms with E-state index in [2.05, 4.69) is 4.98 Å². The molecule has 7 nitrogen and oxygen atoms in total. The van der Waals surface area contributed by atoms with Gasteiger partial charge in [0.15, 0.2) is 17.7 Å². The normalized spacial score (nSPS) is 14.8. The summed E-state index contributed by atoms with van der Waals surface area (Å²) in [5, 5.41) is 17.9. The summed E-state index contributed by atoms with van der Waals surface area (Å²) in [5.41, 5.74) is 5.37. The molecule has 110 valence electrons. The lowest BCUT2D eigenvalue weighted by Crippen LogP contribution is -2.26. The number of aliphatic hydroxyl groups excluding tert-OH is 1. The summed E-state index contributed by atoms with van der Waals surface area (Å²) >= 11 is 10.3. The van der Waals surface area contributed by atoms with E-state index >= 15 is 0 Å². The number of H-pyrrole nitrogens is 1. The smallest absolute Gasteiger partial charge is 0.313 e. The molecule has 9 heteroatoms. The molecule has 0 atom stereocenters. The highest BCUT2D eigenvalue weighted by Gasteiger charge is 2.28. The molecule has 1 aliphatic rings. The van der Waals surface area contributed by atoms with Crippen LogP contribution in [0.25, 0.3) is 0 Å². The molecule has 0 saturated carbocycles. The molecule has 1 amide bonds. The SMILES string of the molecule is NC(=O)c1cccc[nH+]1.O=C1C(O)=C(Cl)C(=O)C([O-])=C1Cl. The maximum atomic E-state index is 10.8. The molecule has 0 unspecified atom stereocenters. The van der Waals surface area contributed by atoms with Gasteiger partial charge in [0.25, 0.3) is 5.69 Å². The van der Waals surface area contributed by atoms with Crippen LogP contribution in [0.2, 0.25) is 0 Å². The van der Waals surface area contributed by atoms with Crippen molar-refractivity contribution in [2.75, 3.05) is 0 Å². The molecule has 0 aliphatic heterocycles. The number of aromatic amines is 1. The van der Waals surface area contributed by atoms with Crippen LogP contribution >= 0.6 is 23.2 Å². The molecular formula is C12H8Cl2N2O5. The lowest BCUT2D eigenvalue weighted by molar-refractivity contribution is -0.381. The summed E-state index contributed by atoms with van der Waals surface area (Å²) in [5.74, 6) is -4.89. The van der Waals surface area contributed by atoms with E-state index in [4.69, 9.17) is 34.0 Å². The number of nitrogens with one attached hydrogen (secondary N) is 1. The van der Waals surface area contributed by atoms with Gasteiger partial charge in [-0.05, 0) is 11.8 Å². The summed E-state index contributed by atoms with van der Waals surface area (Å²) in [6, 6.07) is 5.16. The Labute approximate surface area is 128 Å². The zero-order valence-corrected chi connectivity index (χ0v) is 11.7. The highest BCUT2D eigenvalue weighted by molar-refractivity contribution is 6.55. The molecule has 0 bridgehead atoms. The number of Topliss-reactive ketones (excluding diaryl/α,β-unsaturated/α-hetero) is 2. The fourth-order valence-corrected chi connectivity index (χ4v) is 1.51. The van der Waals surface area contributed by atoms with E-state index in [0.717, 1.165) is 0 Å². The molecule has 1 heterocycles. The van der Waals surface area contributed by atoms with Gasteiger partial charge in [0, 0.05) is 12.1 Å². The van der Waals surface area contributed by atoms with Crippen molar-refractivity contribution in [3.63, 3.8) is 0 Å². The summed E-state index contributed by atoms with van der Waals surface area (Å²) in [6.07, 6.45) is 1.65. The first-order valence-electron chi connectivity index (χ1n) is 5.28. The number of aliphatic hydroxyl groups is 1. The summed E-state index contributed by atoms with van der Waals surface area (Å²) < 4.78 is 0. The van der Waals surface area contributed by atoms with Crippen LogP contribution in [-0.4, -0.2) is 22.6 Å². The van der Waals surface area contributed by atoms with E-state index in [1.54, 1.807) is 24.4 Å². The van der Waals surface area contributed by atoms with Crippen LogP contribution in [0.5, 0.6) is 0 Å². The molecule has 0 saturated heterocycles. The van der Waals surface area contributed by atoms with Gasteiger partial charge in [-0.3, -0.25) is 14.4 Å². The number of rotatable bonds is 1. The second-order valence-electron chi connectivity index (χ2n) is 3.60. The Hall–Kier alpha value is -2.38. The van der Waals surface area contributed by atoms with Gasteiger partial charge in [0.05, 0.1) is 5.03 Å². The first kappa shape index (κ1) is 16.7. The van der Waals surface area contributed by atoms with Crippen molar-refractivity contribution in [2.45, 2.75) is 0 Å². The van der Waals surface area contributed by atoms with Gasteiger partial charge in [-0.25, -0.2) is 4.98 Å². The number of hydrogen-bond acceptors (Lipinski definition) is 5. The first-order valence-corrected chi connectivity index (χ1v) is 6.04. The number of allylic oxidation sites excluding steroid dienone is 2. The highest BCUT2D eigenvalue weighted by atomic mass is 35.5. The zero-order valence-electron chi connectivity index (χ0n) is 10.2. The third kappa shape index (κ3) is 3.80. The van der Waals surface area contributed by atoms with Crippen molar-refractivity contribution in [1.29, 1.82) is 0 Å². The molecule has 1 aliphatic carbocycles. The lowest BCUT2D eigenvalue weighted by Gasteiger charge is -2.17. The van der Waals surface area contributed by atoms with E-state index in [0.29, 0.717) is 5.69 Å². The molecule has 21 heavy (non-hydrogen) atoms. The number of amides is 1. The monoisotopic (exact) mass is 330 g/mol. The molecule has 0 fully saturated rings. The predicted molar refractivity (Wildman–Crippen MR) is 69.9 cm³/mol. The van der Waals surface area contributed by atoms with Crippen LogP contribution in [-0.2, 0) is 9.59 Å². The molecule has 0 radical (unpaired) electrons. The Morgan fingerprint density at radius 3 is 2.24 bits per heavy atom. The second kappa shape index (κ2) is 6.87. The quantitative estimate of drug-likeness (QED) is 0.673. The number of nitrogens with two attached hydrogens (primary N) is 1. The van der Waals surface area contributed by atoms with E-state index in [1.165, 1.54) is 0 Å². The number of primary amides is 1. The van der Waals surface area contributed by atoms with Gasteiger partial charge in [0.2, 0.25) is 5.78 Å².